The first kappa shape index (κ1) is 14.5. The second kappa shape index (κ2) is 7.75. The number of carboxylic acid groups (broad SMARTS) is 2. The summed E-state index contributed by atoms with van der Waals surface area (Å²) < 4.78 is 4.55. The molecule has 16 heavy (non-hydrogen) atoms. The second-order valence-electron chi connectivity index (χ2n) is 2.59. The zero-order chi connectivity index (χ0) is 12.6. The molecule has 0 bridgehead atoms. The van der Waals surface area contributed by atoms with Crippen LogP contribution in [0.5, 0.6) is 0 Å². The van der Waals surface area contributed by atoms with E-state index < -0.39 is 24.0 Å². The highest BCUT2D eigenvalue weighted by Gasteiger charge is 2.20. The molecule has 2 N–H and O–H groups in total. The van der Waals surface area contributed by atoms with Crippen LogP contribution in [-0.2, 0) is 19.1 Å². The van der Waals surface area contributed by atoms with E-state index in [1.807, 2.05) is 6.92 Å². The number of esters is 1. The molecule has 0 heterocycles. The smallest absolute Gasteiger partial charge is 0.345 e. The summed E-state index contributed by atoms with van der Waals surface area (Å²) in [5.74, 6) is -2.69. The van der Waals surface area contributed by atoms with Crippen molar-refractivity contribution in [1.29, 1.82) is 0 Å². The predicted octanol–water partition coefficient (Wildman–Crippen LogP) is 0.377. The van der Waals surface area contributed by atoms with Gasteiger partial charge in [0.1, 0.15) is 0 Å². The quantitative estimate of drug-likeness (QED) is 0.496. The van der Waals surface area contributed by atoms with Crippen LogP contribution < -0.4 is 0 Å². The van der Waals surface area contributed by atoms with E-state index in [2.05, 4.69) is 4.74 Å². The SMILES string of the molecule is CCSCC(OC(=O)C=CC(=O)O)C(=O)O. The molecule has 1 unspecified atom stereocenters. The third-order valence-electron chi connectivity index (χ3n) is 1.37. The van der Waals surface area contributed by atoms with Crippen molar-refractivity contribution in [3.05, 3.63) is 12.2 Å². The number of ether oxygens (including phenoxy) is 1. The van der Waals surface area contributed by atoms with E-state index in [1.54, 1.807) is 0 Å². The van der Waals surface area contributed by atoms with E-state index >= 15 is 0 Å². The molecular weight excluding hydrogens is 236 g/mol. The Morgan fingerprint density at radius 2 is 1.94 bits per heavy atom. The highest BCUT2D eigenvalue weighted by Crippen LogP contribution is 2.06. The number of hydrogen-bond donors (Lipinski definition) is 2. The first-order valence-electron chi connectivity index (χ1n) is 4.39. The summed E-state index contributed by atoms with van der Waals surface area (Å²) in [5, 5.41) is 16.9. The van der Waals surface area contributed by atoms with Gasteiger partial charge in [-0.05, 0) is 5.75 Å². The third kappa shape index (κ3) is 6.88. The summed E-state index contributed by atoms with van der Waals surface area (Å²) in [7, 11) is 0. The second-order valence-corrected chi connectivity index (χ2v) is 3.91. The first-order chi connectivity index (χ1) is 7.47. The number of carboxylic acids is 2. The lowest BCUT2D eigenvalue weighted by Crippen LogP contribution is -2.28. The molecule has 0 aliphatic heterocycles. The van der Waals surface area contributed by atoms with Gasteiger partial charge in [-0.2, -0.15) is 11.8 Å². The van der Waals surface area contributed by atoms with Crippen molar-refractivity contribution in [1.82, 2.24) is 0 Å². The number of hydrogen-bond acceptors (Lipinski definition) is 5. The molecule has 0 aliphatic carbocycles. The van der Waals surface area contributed by atoms with Gasteiger partial charge in [0, 0.05) is 17.9 Å². The van der Waals surface area contributed by atoms with Crippen molar-refractivity contribution < 1.29 is 29.3 Å². The van der Waals surface area contributed by atoms with Gasteiger partial charge in [-0.1, -0.05) is 6.92 Å². The molecule has 0 aliphatic rings. The van der Waals surface area contributed by atoms with Gasteiger partial charge in [0.15, 0.2) is 0 Å². The maximum absolute atomic E-state index is 11.0. The van der Waals surface area contributed by atoms with E-state index in [1.165, 1.54) is 11.8 Å². The van der Waals surface area contributed by atoms with E-state index in [9.17, 15) is 14.4 Å². The minimum atomic E-state index is -1.30. The van der Waals surface area contributed by atoms with Crippen LogP contribution in [0.4, 0.5) is 0 Å². The van der Waals surface area contributed by atoms with Crippen molar-refractivity contribution in [2.45, 2.75) is 13.0 Å². The molecule has 0 aromatic heterocycles. The van der Waals surface area contributed by atoms with Crippen molar-refractivity contribution in [3.8, 4) is 0 Å². The number of aliphatic carboxylic acids is 2. The normalized spacial score (nSPS) is 12.3. The maximum Gasteiger partial charge on any atom is 0.345 e. The van der Waals surface area contributed by atoms with Gasteiger partial charge in [-0.15, -0.1) is 0 Å². The molecule has 0 rings (SSSR count). The summed E-state index contributed by atoms with van der Waals surface area (Å²) in [4.78, 5) is 31.7. The number of carbonyl (C=O) groups excluding carboxylic acids is 1. The van der Waals surface area contributed by atoms with Gasteiger partial charge in [0.25, 0.3) is 0 Å². The van der Waals surface area contributed by atoms with Crippen LogP contribution >= 0.6 is 11.8 Å². The minimum absolute atomic E-state index is 0.137. The van der Waals surface area contributed by atoms with E-state index in [0.717, 1.165) is 0 Å². The lowest BCUT2D eigenvalue weighted by Gasteiger charge is -2.11. The average Bonchev–Trinajstić information content (AvgIpc) is 2.20. The lowest BCUT2D eigenvalue weighted by molar-refractivity contribution is -0.158. The molecule has 90 valence electrons. The van der Waals surface area contributed by atoms with E-state index in [-0.39, 0.29) is 5.75 Å². The monoisotopic (exact) mass is 248 g/mol. The van der Waals surface area contributed by atoms with Crippen LogP contribution in [0, 0.1) is 0 Å². The summed E-state index contributed by atoms with van der Waals surface area (Å²) >= 11 is 1.31. The first-order valence-corrected chi connectivity index (χ1v) is 5.55. The van der Waals surface area contributed by atoms with Crippen molar-refractivity contribution >= 4 is 29.7 Å². The fraction of sp³-hybridized carbons (Fsp3) is 0.444. The zero-order valence-corrected chi connectivity index (χ0v) is 9.40. The lowest BCUT2D eigenvalue weighted by atomic mass is 10.4. The summed E-state index contributed by atoms with van der Waals surface area (Å²) in [6.07, 6.45) is 0.0132. The number of rotatable bonds is 7. The largest absolute Gasteiger partial charge is 0.478 e. The maximum atomic E-state index is 11.0. The minimum Gasteiger partial charge on any atom is -0.478 e. The Hall–Kier alpha value is -1.50. The van der Waals surface area contributed by atoms with Gasteiger partial charge in [-0.3, -0.25) is 0 Å². The van der Waals surface area contributed by atoms with Crippen LogP contribution in [-0.4, -0.2) is 45.7 Å². The highest BCUT2D eigenvalue weighted by atomic mass is 32.2. The third-order valence-corrected chi connectivity index (χ3v) is 2.32. The molecule has 0 aromatic carbocycles. The number of carbonyl (C=O) groups is 3. The molecular formula is C9H12O6S. The molecule has 0 amide bonds. The Morgan fingerprint density at radius 3 is 2.38 bits per heavy atom. The number of thioether (sulfide) groups is 1. The highest BCUT2D eigenvalue weighted by molar-refractivity contribution is 7.99. The Kier molecular flexibility index (Phi) is 7.02. The molecule has 1 atom stereocenters. The zero-order valence-electron chi connectivity index (χ0n) is 8.58. The summed E-state index contributed by atoms with van der Waals surface area (Å²) in [5.41, 5.74) is 0. The Balaban J connectivity index is 4.23. The molecule has 0 saturated heterocycles. The van der Waals surface area contributed by atoms with E-state index in [4.69, 9.17) is 10.2 Å². The van der Waals surface area contributed by atoms with Gasteiger partial charge >= 0.3 is 17.9 Å². The van der Waals surface area contributed by atoms with Crippen molar-refractivity contribution in [3.63, 3.8) is 0 Å². The average molecular weight is 248 g/mol. The van der Waals surface area contributed by atoms with Crippen LogP contribution in [0.25, 0.3) is 0 Å². The molecule has 0 aromatic rings. The molecule has 6 nitrogen and oxygen atoms in total. The fourth-order valence-corrected chi connectivity index (χ4v) is 1.36. The van der Waals surface area contributed by atoms with Crippen LogP contribution in [0.3, 0.4) is 0 Å². The van der Waals surface area contributed by atoms with Crippen molar-refractivity contribution in [2.24, 2.45) is 0 Å². The molecule has 7 heteroatoms. The van der Waals surface area contributed by atoms with Crippen LogP contribution in [0.15, 0.2) is 12.2 Å². The predicted molar refractivity (Wildman–Crippen MR) is 57.3 cm³/mol. The summed E-state index contributed by atoms with van der Waals surface area (Å²) in [6, 6.07) is 0. The molecule has 0 fully saturated rings. The molecule has 0 spiro atoms. The van der Waals surface area contributed by atoms with Gasteiger partial charge in [0.05, 0.1) is 0 Å². The van der Waals surface area contributed by atoms with Crippen LogP contribution in [0.1, 0.15) is 6.92 Å². The standard InChI is InChI=1S/C9H12O6S/c1-2-16-5-6(9(13)14)15-8(12)4-3-7(10)11/h3-4,6H,2,5H2,1H3,(H,10,11)(H,13,14). The Morgan fingerprint density at radius 1 is 1.31 bits per heavy atom. The fourth-order valence-electron chi connectivity index (χ4n) is 0.699. The Bertz CT molecular complexity index is 298. The van der Waals surface area contributed by atoms with Gasteiger partial charge in [-0.25, -0.2) is 14.4 Å². The van der Waals surface area contributed by atoms with Crippen LogP contribution in [0.2, 0.25) is 0 Å². The Labute approximate surface area is 96.3 Å². The van der Waals surface area contributed by atoms with Gasteiger partial charge < -0.3 is 14.9 Å². The molecule has 0 radical (unpaired) electrons. The molecule has 0 saturated carbocycles. The van der Waals surface area contributed by atoms with Crippen molar-refractivity contribution in [2.75, 3.05) is 11.5 Å². The topological polar surface area (TPSA) is 101 Å². The summed E-state index contributed by atoms with van der Waals surface area (Å²) in [6.45, 7) is 1.84. The van der Waals surface area contributed by atoms with Gasteiger partial charge in [0.2, 0.25) is 6.10 Å². The van der Waals surface area contributed by atoms with E-state index in [0.29, 0.717) is 17.9 Å².